The number of rotatable bonds is 4. The topological polar surface area (TPSA) is 49.6 Å². The summed E-state index contributed by atoms with van der Waals surface area (Å²) < 4.78 is 0. The van der Waals surface area contributed by atoms with Crippen LogP contribution in [-0.4, -0.2) is 47.9 Å². The SMILES string of the molecule is CC1CCN(C(=O)C2CCCN(Cc3ccccc3)C2)C(CN)C1. The first-order valence-electron chi connectivity index (χ1n) is 9.44. The summed E-state index contributed by atoms with van der Waals surface area (Å²) in [7, 11) is 0. The third kappa shape index (κ3) is 4.17. The first kappa shape index (κ1) is 17.4. The van der Waals surface area contributed by atoms with Crippen molar-refractivity contribution < 1.29 is 4.79 Å². The lowest BCUT2D eigenvalue weighted by molar-refractivity contribution is -0.141. The van der Waals surface area contributed by atoms with E-state index in [2.05, 4.69) is 47.1 Å². The minimum Gasteiger partial charge on any atom is -0.338 e. The fourth-order valence-electron chi connectivity index (χ4n) is 4.24. The van der Waals surface area contributed by atoms with E-state index in [9.17, 15) is 4.79 Å². The molecule has 2 aliphatic rings. The zero-order chi connectivity index (χ0) is 16.9. The highest BCUT2D eigenvalue weighted by molar-refractivity contribution is 5.79. The largest absolute Gasteiger partial charge is 0.338 e. The van der Waals surface area contributed by atoms with E-state index in [1.54, 1.807) is 0 Å². The number of hydrogen-bond donors (Lipinski definition) is 1. The first-order valence-corrected chi connectivity index (χ1v) is 9.44. The van der Waals surface area contributed by atoms with Crippen LogP contribution in [0.3, 0.4) is 0 Å². The highest BCUT2D eigenvalue weighted by Crippen LogP contribution is 2.27. The predicted octanol–water partition coefficient (Wildman–Crippen LogP) is 2.48. The minimum atomic E-state index is 0.143. The quantitative estimate of drug-likeness (QED) is 0.923. The minimum absolute atomic E-state index is 0.143. The zero-order valence-corrected chi connectivity index (χ0v) is 14.9. The molecule has 3 unspecified atom stereocenters. The highest BCUT2D eigenvalue weighted by Gasteiger charge is 2.34. The van der Waals surface area contributed by atoms with Gasteiger partial charge >= 0.3 is 0 Å². The maximum atomic E-state index is 13.1. The first-order chi connectivity index (χ1) is 11.7. The van der Waals surface area contributed by atoms with Crippen molar-refractivity contribution in [3.63, 3.8) is 0 Å². The summed E-state index contributed by atoms with van der Waals surface area (Å²) in [5.41, 5.74) is 7.28. The fraction of sp³-hybridized carbons (Fsp3) is 0.650. The van der Waals surface area contributed by atoms with Crippen molar-refractivity contribution in [1.82, 2.24) is 9.80 Å². The molecule has 0 radical (unpaired) electrons. The van der Waals surface area contributed by atoms with E-state index in [0.717, 1.165) is 51.9 Å². The summed E-state index contributed by atoms with van der Waals surface area (Å²) in [5.74, 6) is 1.17. The number of nitrogens with two attached hydrogens (primary N) is 1. The fourth-order valence-corrected chi connectivity index (χ4v) is 4.24. The molecule has 2 saturated heterocycles. The van der Waals surface area contributed by atoms with E-state index in [-0.39, 0.29) is 12.0 Å². The van der Waals surface area contributed by atoms with Crippen LogP contribution < -0.4 is 5.73 Å². The molecule has 1 amide bonds. The molecule has 2 heterocycles. The van der Waals surface area contributed by atoms with Crippen molar-refractivity contribution in [3.8, 4) is 0 Å². The van der Waals surface area contributed by atoms with Crippen LogP contribution in [-0.2, 0) is 11.3 Å². The molecule has 4 nitrogen and oxygen atoms in total. The van der Waals surface area contributed by atoms with Crippen LogP contribution in [0.5, 0.6) is 0 Å². The van der Waals surface area contributed by atoms with E-state index in [1.165, 1.54) is 5.56 Å². The lowest BCUT2D eigenvalue weighted by Crippen LogP contribution is -2.53. The Hall–Kier alpha value is -1.39. The zero-order valence-electron chi connectivity index (χ0n) is 14.9. The summed E-state index contributed by atoms with van der Waals surface area (Å²) in [5, 5.41) is 0. The van der Waals surface area contributed by atoms with Gasteiger partial charge in [-0.3, -0.25) is 9.69 Å². The summed E-state index contributed by atoms with van der Waals surface area (Å²) in [6.45, 7) is 6.68. The summed E-state index contributed by atoms with van der Waals surface area (Å²) in [4.78, 5) is 17.6. The van der Waals surface area contributed by atoms with Crippen LogP contribution in [0.15, 0.2) is 30.3 Å². The van der Waals surface area contributed by atoms with Crippen LogP contribution >= 0.6 is 0 Å². The summed E-state index contributed by atoms with van der Waals surface area (Å²) in [6.07, 6.45) is 4.31. The number of piperidine rings is 2. The molecule has 3 atom stereocenters. The van der Waals surface area contributed by atoms with Gasteiger partial charge in [-0.1, -0.05) is 37.3 Å². The second-order valence-electron chi connectivity index (χ2n) is 7.61. The molecular formula is C20H31N3O. The van der Waals surface area contributed by atoms with Gasteiger partial charge in [-0.2, -0.15) is 0 Å². The molecule has 0 aromatic heterocycles. The van der Waals surface area contributed by atoms with Gasteiger partial charge < -0.3 is 10.6 Å². The molecular weight excluding hydrogens is 298 g/mol. The number of likely N-dealkylation sites (tertiary alicyclic amines) is 2. The molecule has 4 heteroatoms. The molecule has 0 saturated carbocycles. The Balaban J connectivity index is 1.60. The van der Waals surface area contributed by atoms with Crippen molar-refractivity contribution in [3.05, 3.63) is 35.9 Å². The number of amides is 1. The Kier molecular flexibility index (Phi) is 5.90. The van der Waals surface area contributed by atoms with Gasteiger partial charge in [0, 0.05) is 32.2 Å². The number of benzene rings is 1. The maximum absolute atomic E-state index is 13.1. The van der Waals surface area contributed by atoms with Gasteiger partial charge in [0.05, 0.1) is 5.92 Å². The Morgan fingerprint density at radius 2 is 2.00 bits per heavy atom. The van der Waals surface area contributed by atoms with Crippen LogP contribution in [0.25, 0.3) is 0 Å². The van der Waals surface area contributed by atoms with Gasteiger partial charge in [0.2, 0.25) is 5.91 Å². The predicted molar refractivity (Wildman–Crippen MR) is 97.4 cm³/mol. The lowest BCUT2D eigenvalue weighted by Gasteiger charge is -2.41. The molecule has 0 aliphatic carbocycles. The van der Waals surface area contributed by atoms with Gasteiger partial charge in [0.15, 0.2) is 0 Å². The van der Waals surface area contributed by atoms with Crippen molar-refractivity contribution >= 4 is 5.91 Å². The monoisotopic (exact) mass is 329 g/mol. The number of hydrogen-bond acceptors (Lipinski definition) is 3. The third-order valence-corrected chi connectivity index (χ3v) is 5.64. The average Bonchev–Trinajstić information content (AvgIpc) is 2.62. The smallest absolute Gasteiger partial charge is 0.227 e. The molecule has 1 aromatic rings. The van der Waals surface area contributed by atoms with E-state index in [1.807, 2.05) is 0 Å². The Morgan fingerprint density at radius 1 is 1.21 bits per heavy atom. The van der Waals surface area contributed by atoms with Crippen LogP contribution in [0, 0.1) is 11.8 Å². The average molecular weight is 329 g/mol. The molecule has 3 rings (SSSR count). The summed E-state index contributed by atoms with van der Waals surface area (Å²) >= 11 is 0. The van der Waals surface area contributed by atoms with E-state index >= 15 is 0 Å². The normalized spacial score (nSPS) is 28.8. The second-order valence-corrected chi connectivity index (χ2v) is 7.61. The van der Waals surface area contributed by atoms with Crippen molar-refractivity contribution in [1.29, 1.82) is 0 Å². The van der Waals surface area contributed by atoms with Crippen LogP contribution in [0.1, 0.15) is 38.2 Å². The Morgan fingerprint density at radius 3 is 2.75 bits per heavy atom. The molecule has 2 fully saturated rings. The van der Waals surface area contributed by atoms with E-state index in [0.29, 0.717) is 18.4 Å². The van der Waals surface area contributed by atoms with Crippen molar-refractivity contribution in [2.75, 3.05) is 26.2 Å². The van der Waals surface area contributed by atoms with E-state index in [4.69, 9.17) is 5.73 Å². The van der Waals surface area contributed by atoms with Gasteiger partial charge in [-0.25, -0.2) is 0 Å². The van der Waals surface area contributed by atoms with Crippen LogP contribution in [0.4, 0.5) is 0 Å². The molecule has 2 aliphatic heterocycles. The highest BCUT2D eigenvalue weighted by atomic mass is 16.2. The number of carbonyl (C=O) groups excluding carboxylic acids is 1. The Labute approximate surface area is 146 Å². The van der Waals surface area contributed by atoms with Crippen molar-refractivity contribution in [2.45, 2.75) is 45.2 Å². The standard InChI is InChI=1S/C20H31N3O/c1-16-9-11-23(19(12-16)13-21)20(24)18-8-5-10-22(15-18)14-17-6-3-2-4-7-17/h2-4,6-7,16,18-19H,5,8-15,21H2,1H3. The summed E-state index contributed by atoms with van der Waals surface area (Å²) in [6, 6.07) is 10.8. The second kappa shape index (κ2) is 8.13. The van der Waals surface area contributed by atoms with E-state index < -0.39 is 0 Å². The lowest BCUT2D eigenvalue weighted by atomic mass is 9.89. The van der Waals surface area contributed by atoms with Gasteiger partial charge in [-0.05, 0) is 43.7 Å². The maximum Gasteiger partial charge on any atom is 0.227 e. The molecule has 0 bridgehead atoms. The van der Waals surface area contributed by atoms with Crippen molar-refractivity contribution in [2.24, 2.45) is 17.6 Å². The Bertz CT molecular complexity index is 533. The van der Waals surface area contributed by atoms with Gasteiger partial charge in [-0.15, -0.1) is 0 Å². The molecule has 1 aromatic carbocycles. The number of nitrogens with zero attached hydrogens (tertiary/aromatic N) is 2. The number of carbonyl (C=O) groups is 1. The van der Waals surface area contributed by atoms with Crippen LogP contribution in [0.2, 0.25) is 0 Å². The molecule has 24 heavy (non-hydrogen) atoms. The molecule has 132 valence electrons. The molecule has 0 spiro atoms. The van der Waals surface area contributed by atoms with Gasteiger partial charge in [0.1, 0.15) is 0 Å². The molecule has 2 N–H and O–H groups in total. The van der Waals surface area contributed by atoms with Gasteiger partial charge in [0.25, 0.3) is 0 Å². The third-order valence-electron chi connectivity index (χ3n) is 5.64.